The molecule has 0 unspecified atom stereocenters. The van der Waals surface area contributed by atoms with E-state index < -0.39 is 0 Å². The molecule has 0 bridgehead atoms. The fourth-order valence-electron chi connectivity index (χ4n) is 3.76. The molecular formula is C23H25N3O3. The van der Waals surface area contributed by atoms with Crippen molar-refractivity contribution in [2.75, 3.05) is 13.7 Å². The SMILES string of the molecule is CCc1cc(-c2cc(O[C@H](C)[C@H]3CNC(=O)C3)c3cccnc3c2)cnc1OC. The van der Waals surface area contributed by atoms with Gasteiger partial charge in [-0.1, -0.05) is 6.92 Å². The smallest absolute Gasteiger partial charge is 0.220 e. The third kappa shape index (κ3) is 3.88. The average Bonchev–Trinajstić information content (AvgIpc) is 3.19. The van der Waals surface area contributed by atoms with E-state index in [4.69, 9.17) is 9.47 Å². The number of nitrogens with one attached hydrogen (secondary N) is 1. The van der Waals surface area contributed by atoms with E-state index in [1.165, 1.54) is 0 Å². The second kappa shape index (κ2) is 8.07. The largest absolute Gasteiger partial charge is 0.490 e. The molecule has 1 saturated heterocycles. The lowest BCUT2D eigenvalue weighted by Crippen LogP contribution is -2.25. The lowest BCUT2D eigenvalue weighted by Gasteiger charge is -2.21. The molecule has 29 heavy (non-hydrogen) atoms. The summed E-state index contributed by atoms with van der Waals surface area (Å²) < 4.78 is 11.7. The molecule has 150 valence electrons. The highest BCUT2D eigenvalue weighted by Crippen LogP contribution is 2.34. The molecule has 3 heterocycles. The maximum atomic E-state index is 11.6. The fourth-order valence-corrected chi connectivity index (χ4v) is 3.76. The van der Waals surface area contributed by atoms with Gasteiger partial charge in [-0.3, -0.25) is 9.78 Å². The summed E-state index contributed by atoms with van der Waals surface area (Å²) >= 11 is 0. The molecule has 4 rings (SSSR count). The van der Waals surface area contributed by atoms with Crippen molar-refractivity contribution in [3.8, 4) is 22.8 Å². The van der Waals surface area contributed by atoms with Crippen LogP contribution in [0.3, 0.4) is 0 Å². The minimum absolute atomic E-state index is 0.0853. The summed E-state index contributed by atoms with van der Waals surface area (Å²) in [6.07, 6.45) is 4.84. The number of amides is 1. The van der Waals surface area contributed by atoms with E-state index in [9.17, 15) is 4.79 Å². The van der Waals surface area contributed by atoms with Gasteiger partial charge in [0.15, 0.2) is 0 Å². The van der Waals surface area contributed by atoms with Crippen molar-refractivity contribution < 1.29 is 14.3 Å². The van der Waals surface area contributed by atoms with E-state index in [2.05, 4.69) is 34.3 Å². The number of carbonyl (C=O) groups excluding carboxylic acids is 1. The van der Waals surface area contributed by atoms with E-state index in [0.717, 1.165) is 39.8 Å². The number of aromatic nitrogens is 2. The molecule has 1 aromatic carbocycles. The number of pyridine rings is 2. The Bertz CT molecular complexity index is 1050. The third-order valence-electron chi connectivity index (χ3n) is 5.50. The van der Waals surface area contributed by atoms with Crippen molar-refractivity contribution in [1.29, 1.82) is 0 Å². The molecule has 1 N–H and O–H groups in total. The van der Waals surface area contributed by atoms with Crippen LogP contribution in [0.15, 0.2) is 42.7 Å². The Morgan fingerprint density at radius 2 is 2.10 bits per heavy atom. The van der Waals surface area contributed by atoms with Gasteiger partial charge in [0.2, 0.25) is 11.8 Å². The summed E-state index contributed by atoms with van der Waals surface area (Å²) in [7, 11) is 1.64. The third-order valence-corrected chi connectivity index (χ3v) is 5.50. The number of carbonyl (C=O) groups is 1. The summed E-state index contributed by atoms with van der Waals surface area (Å²) in [6, 6.07) is 10.1. The highest BCUT2D eigenvalue weighted by Gasteiger charge is 2.28. The van der Waals surface area contributed by atoms with E-state index in [0.29, 0.717) is 18.8 Å². The zero-order valence-electron chi connectivity index (χ0n) is 16.9. The first kappa shape index (κ1) is 19.2. The van der Waals surface area contributed by atoms with Crippen molar-refractivity contribution >= 4 is 16.8 Å². The van der Waals surface area contributed by atoms with Crippen molar-refractivity contribution in [1.82, 2.24) is 15.3 Å². The summed E-state index contributed by atoms with van der Waals surface area (Å²) in [5.74, 6) is 1.67. The van der Waals surface area contributed by atoms with Crippen LogP contribution >= 0.6 is 0 Å². The minimum atomic E-state index is -0.0900. The first-order chi connectivity index (χ1) is 14.1. The van der Waals surface area contributed by atoms with Crippen LogP contribution in [0.4, 0.5) is 0 Å². The minimum Gasteiger partial charge on any atom is -0.490 e. The topological polar surface area (TPSA) is 73.3 Å². The Hall–Kier alpha value is -3.15. The van der Waals surface area contributed by atoms with Crippen LogP contribution in [-0.2, 0) is 11.2 Å². The number of methoxy groups -OCH3 is 1. The van der Waals surface area contributed by atoms with E-state index >= 15 is 0 Å². The van der Waals surface area contributed by atoms with E-state index in [1.54, 1.807) is 13.3 Å². The Kier molecular flexibility index (Phi) is 5.34. The van der Waals surface area contributed by atoms with Crippen LogP contribution < -0.4 is 14.8 Å². The Labute approximate surface area is 170 Å². The molecular weight excluding hydrogens is 366 g/mol. The van der Waals surface area contributed by atoms with Crippen molar-refractivity contribution in [2.45, 2.75) is 32.8 Å². The number of rotatable bonds is 6. The molecule has 1 amide bonds. The van der Waals surface area contributed by atoms with Gasteiger partial charge in [0.1, 0.15) is 11.9 Å². The molecule has 2 atom stereocenters. The van der Waals surface area contributed by atoms with Crippen molar-refractivity contribution in [2.24, 2.45) is 5.92 Å². The maximum Gasteiger partial charge on any atom is 0.220 e. The summed E-state index contributed by atoms with van der Waals surface area (Å²) in [5, 5.41) is 3.84. The highest BCUT2D eigenvalue weighted by atomic mass is 16.5. The summed E-state index contributed by atoms with van der Waals surface area (Å²) in [5.41, 5.74) is 3.90. The molecule has 0 saturated carbocycles. The number of benzene rings is 1. The Balaban J connectivity index is 1.74. The number of hydrogen-bond acceptors (Lipinski definition) is 5. The molecule has 0 spiro atoms. The molecule has 0 aliphatic carbocycles. The predicted octanol–water partition coefficient (Wildman–Crippen LogP) is 3.77. The molecule has 6 heteroatoms. The first-order valence-electron chi connectivity index (χ1n) is 9.94. The molecule has 0 radical (unpaired) electrons. The van der Waals surface area contributed by atoms with E-state index in [-0.39, 0.29) is 17.9 Å². The number of aryl methyl sites for hydroxylation is 1. The summed E-state index contributed by atoms with van der Waals surface area (Å²) in [6.45, 7) is 4.75. The van der Waals surface area contributed by atoms with Gasteiger partial charge in [0.25, 0.3) is 0 Å². The van der Waals surface area contributed by atoms with Crippen LogP contribution in [-0.4, -0.2) is 35.6 Å². The molecule has 6 nitrogen and oxygen atoms in total. The molecule has 1 aliphatic rings. The zero-order chi connectivity index (χ0) is 20.4. The molecule has 2 aromatic heterocycles. The van der Waals surface area contributed by atoms with Gasteiger partial charge in [-0.05, 0) is 49.2 Å². The lowest BCUT2D eigenvalue weighted by molar-refractivity contribution is -0.119. The Morgan fingerprint density at radius 3 is 2.83 bits per heavy atom. The number of ether oxygens (including phenoxy) is 2. The van der Waals surface area contributed by atoms with Crippen LogP contribution in [0.25, 0.3) is 22.0 Å². The lowest BCUT2D eigenvalue weighted by atomic mass is 10.0. The monoisotopic (exact) mass is 391 g/mol. The van der Waals surface area contributed by atoms with Gasteiger partial charge in [-0.25, -0.2) is 4.98 Å². The van der Waals surface area contributed by atoms with Crippen molar-refractivity contribution in [3.05, 3.63) is 48.3 Å². The van der Waals surface area contributed by atoms with Gasteiger partial charge >= 0.3 is 0 Å². The predicted molar refractivity (Wildman–Crippen MR) is 112 cm³/mol. The summed E-state index contributed by atoms with van der Waals surface area (Å²) in [4.78, 5) is 20.6. The fraction of sp³-hybridized carbons (Fsp3) is 0.348. The van der Waals surface area contributed by atoms with Gasteiger partial charge in [-0.2, -0.15) is 0 Å². The van der Waals surface area contributed by atoms with Gasteiger partial charge in [0, 0.05) is 47.8 Å². The normalized spacial score (nSPS) is 17.2. The quantitative estimate of drug-likeness (QED) is 0.692. The molecule has 1 fully saturated rings. The van der Waals surface area contributed by atoms with Crippen LogP contribution in [0, 0.1) is 5.92 Å². The van der Waals surface area contributed by atoms with Crippen LogP contribution in [0.1, 0.15) is 25.8 Å². The first-order valence-corrected chi connectivity index (χ1v) is 9.94. The molecule has 3 aromatic rings. The second-order valence-electron chi connectivity index (χ2n) is 7.38. The number of hydrogen-bond donors (Lipinski definition) is 1. The number of fused-ring (bicyclic) bond motifs is 1. The highest BCUT2D eigenvalue weighted by molar-refractivity contribution is 5.90. The zero-order valence-corrected chi connectivity index (χ0v) is 16.9. The van der Waals surface area contributed by atoms with Crippen LogP contribution in [0.2, 0.25) is 0 Å². The average molecular weight is 391 g/mol. The van der Waals surface area contributed by atoms with Gasteiger partial charge in [0.05, 0.1) is 12.6 Å². The van der Waals surface area contributed by atoms with E-state index in [1.807, 2.05) is 31.3 Å². The van der Waals surface area contributed by atoms with Gasteiger partial charge < -0.3 is 14.8 Å². The van der Waals surface area contributed by atoms with Crippen LogP contribution in [0.5, 0.6) is 11.6 Å². The number of nitrogens with zero attached hydrogens (tertiary/aromatic N) is 2. The Morgan fingerprint density at radius 1 is 1.24 bits per heavy atom. The van der Waals surface area contributed by atoms with Gasteiger partial charge in [-0.15, -0.1) is 0 Å². The molecule has 1 aliphatic heterocycles. The van der Waals surface area contributed by atoms with Crippen molar-refractivity contribution in [3.63, 3.8) is 0 Å². The maximum absolute atomic E-state index is 11.6. The second-order valence-corrected chi connectivity index (χ2v) is 7.38. The standard InChI is InChI=1S/C23H25N3O3/c1-4-15-8-18(13-26-23(15)28-3)16-9-20-19(6-5-7-24-20)21(10-16)29-14(2)17-11-22(27)25-12-17/h5-10,13-14,17H,4,11-12H2,1-3H3,(H,25,27)/t14-,17-/m1/s1.